The third kappa shape index (κ3) is 44.1. The molecular weight excluding hydrogens is 756 g/mol. The summed E-state index contributed by atoms with van der Waals surface area (Å²) in [5, 5.41) is 13.8. The topological polar surface area (TPSA) is 108 Å². The summed E-state index contributed by atoms with van der Waals surface area (Å²) in [5.74, 6) is -0.221. The number of nitrogens with one attached hydrogen (secondary N) is 1. The second kappa shape index (κ2) is 41.5. The van der Waals surface area contributed by atoms with Gasteiger partial charge in [0.25, 0.3) is 7.82 Å². The minimum absolute atomic E-state index is 0.0128. The highest BCUT2D eigenvalue weighted by Crippen LogP contribution is 2.38. The molecule has 0 radical (unpaired) electrons. The first-order valence-electron chi connectivity index (χ1n) is 24.2. The van der Waals surface area contributed by atoms with Crippen molar-refractivity contribution in [1.82, 2.24) is 5.32 Å². The molecule has 3 atom stereocenters. The number of likely N-dealkylation sites (N-methyl/N-ethyl adjacent to an activating group) is 1. The number of phosphoric acid groups is 1. The van der Waals surface area contributed by atoms with Crippen molar-refractivity contribution >= 4 is 13.7 Å². The van der Waals surface area contributed by atoms with Crippen molar-refractivity contribution in [2.75, 3.05) is 40.9 Å². The summed E-state index contributed by atoms with van der Waals surface area (Å²) in [4.78, 5) is 25.3. The number of hydrogen-bond donors (Lipinski definition) is 2. The fourth-order valence-corrected chi connectivity index (χ4v) is 7.29. The van der Waals surface area contributed by atoms with Gasteiger partial charge in [0.05, 0.1) is 39.9 Å². The molecule has 0 fully saturated rings. The molecule has 0 aromatic rings. The molecule has 0 rings (SSSR count). The van der Waals surface area contributed by atoms with Crippen molar-refractivity contribution < 1.29 is 32.9 Å². The van der Waals surface area contributed by atoms with Crippen molar-refractivity contribution in [1.29, 1.82) is 0 Å². The average Bonchev–Trinajstić information content (AvgIpc) is 3.19. The number of phosphoric ester groups is 1. The van der Waals surface area contributed by atoms with E-state index >= 15 is 0 Å². The Morgan fingerprint density at radius 1 is 0.593 bits per heavy atom. The minimum atomic E-state index is -4.61. The van der Waals surface area contributed by atoms with Gasteiger partial charge in [-0.1, -0.05) is 177 Å². The zero-order valence-corrected chi connectivity index (χ0v) is 39.8. The highest BCUT2D eigenvalue weighted by Gasteiger charge is 2.23. The predicted octanol–water partition coefficient (Wildman–Crippen LogP) is 13.2. The maximum absolute atomic E-state index is 12.9. The van der Waals surface area contributed by atoms with Crippen LogP contribution in [0.4, 0.5) is 0 Å². The summed E-state index contributed by atoms with van der Waals surface area (Å²) in [6.45, 7) is 4.58. The normalized spacial score (nSPS) is 14.8. The van der Waals surface area contributed by atoms with Crippen LogP contribution in [0.15, 0.2) is 60.8 Å². The standard InChI is InChI=1S/C50H93N2O6P/c1-6-8-10-12-14-16-18-20-22-24-25-26-28-29-31-33-35-37-39-41-43-49(53)48(47-58-59(55,56)57-46-45-52(3,4)5)51-50(54)44-42-40-38-36-34-32-30-27-23-21-19-17-15-13-11-9-7-2/h15,17,21,23,26,28,33,35,41,43,48-49,53H,6-14,16,18-20,22,24-25,27,29-32,34,36-40,42,44-47H2,1-5H3,(H-,51,54,55,56)/b17-15-,23-21-,28-26+,35-33+,43-41+. The Bertz CT molecular complexity index is 1140. The van der Waals surface area contributed by atoms with Crippen LogP contribution in [0.5, 0.6) is 0 Å². The molecule has 0 aliphatic carbocycles. The maximum atomic E-state index is 12.9. The summed E-state index contributed by atoms with van der Waals surface area (Å²) in [6.07, 6.45) is 54.1. The Hall–Kier alpha value is -1.80. The van der Waals surface area contributed by atoms with Crippen LogP contribution >= 0.6 is 7.82 Å². The molecule has 0 heterocycles. The molecule has 0 saturated heterocycles. The number of amides is 1. The average molecular weight is 849 g/mol. The SMILES string of the molecule is CCCCC/C=C\C/C=C\CCCCCCCCCC(=O)NC(COP(=O)([O-])OCC[N+](C)(C)C)C(O)/C=C/CC/C=C/CC/C=C/CCCCCCCCCCCC. The third-order valence-electron chi connectivity index (χ3n) is 10.4. The fourth-order valence-electron chi connectivity index (χ4n) is 6.57. The zero-order chi connectivity index (χ0) is 43.6. The number of allylic oxidation sites excluding steroid dienone is 9. The molecular formula is C50H93N2O6P. The molecule has 2 N–H and O–H groups in total. The second-order valence-electron chi connectivity index (χ2n) is 17.4. The number of aliphatic hydroxyl groups is 1. The van der Waals surface area contributed by atoms with Gasteiger partial charge >= 0.3 is 0 Å². The molecule has 0 spiro atoms. The largest absolute Gasteiger partial charge is 0.756 e. The number of hydrogen-bond acceptors (Lipinski definition) is 6. The van der Waals surface area contributed by atoms with Crippen LogP contribution in [0.1, 0.15) is 200 Å². The van der Waals surface area contributed by atoms with Crippen molar-refractivity contribution in [2.24, 2.45) is 0 Å². The van der Waals surface area contributed by atoms with E-state index in [9.17, 15) is 19.4 Å². The molecule has 0 aromatic heterocycles. The van der Waals surface area contributed by atoms with Crippen molar-refractivity contribution in [3.05, 3.63) is 60.8 Å². The van der Waals surface area contributed by atoms with E-state index in [1.165, 1.54) is 116 Å². The highest BCUT2D eigenvalue weighted by atomic mass is 31.2. The molecule has 344 valence electrons. The monoisotopic (exact) mass is 849 g/mol. The molecule has 9 heteroatoms. The predicted molar refractivity (Wildman–Crippen MR) is 251 cm³/mol. The minimum Gasteiger partial charge on any atom is -0.756 e. The molecule has 0 bridgehead atoms. The first kappa shape index (κ1) is 57.2. The van der Waals surface area contributed by atoms with E-state index in [0.717, 1.165) is 64.2 Å². The van der Waals surface area contributed by atoms with Crippen LogP contribution in [0.25, 0.3) is 0 Å². The van der Waals surface area contributed by atoms with Gasteiger partial charge in [-0.3, -0.25) is 9.36 Å². The quantitative estimate of drug-likeness (QED) is 0.0274. The lowest BCUT2D eigenvalue weighted by Gasteiger charge is -2.29. The molecule has 0 aliphatic rings. The van der Waals surface area contributed by atoms with Gasteiger partial charge in [-0.15, -0.1) is 0 Å². The summed E-state index contributed by atoms with van der Waals surface area (Å²) in [5.41, 5.74) is 0. The van der Waals surface area contributed by atoms with Crippen molar-refractivity contribution in [3.63, 3.8) is 0 Å². The highest BCUT2D eigenvalue weighted by molar-refractivity contribution is 7.45. The Kier molecular flexibility index (Phi) is 40.3. The number of carbonyl (C=O) groups excluding carboxylic acids is 1. The third-order valence-corrected chi connectivity index (χ3v) is 11.4. The van der Waals surface area contributed by atoms with Gasteiger partial charge in [-0.25, -0.2) is 0 Å². The van der Waals surface area contributed by atoms with Crippen LogP contribution in [-0.2, 0) is 18.4 Å². The van der Waals surface area contributed by atoms with Gasteiger partial charge < -0.3 is 28.8 Å². The van der Waals surface area contributed by atoms with Gasteiger partial charge in [-0.05, 0) is 77.0 Å². The Morgan fingerprint density at radius 2 is 1.00 bits per heavy atom. The van der Waals surface area contributed by atoms with Gasteiger partial charge in [0, 0.05) is 6.42 Å². The van der Waals surface area contributed by atoms with Gasteiger partial charge in [0.15, 0.2) is 0 Å². The zero-order valence-electron chi connectivity index (χ0n) is 38.9. The first-order chi connectivity index (χ1) is 28.5. The van der Waals surface area contributed by atoms with Crippen LogP contribution in [0, 0.1) is 0 Å². The maximum Gasteiger partial charge on any atom is 0.268 e. The molecule has 0 saturated carbocycles. The smallest absolute Gasteiger partial charge is 0.268 e. The number of aliphatic hydroxyl groups excluding tert-OH is 1. The number of nitrogens with zero attached hydrogens (tertiary/aromatic N) is 1. The van der Waals surface area contributed by atoms with E-state index < -0.39 is 26.6 Å². The molecule has 1 amide bonds. The molecule has 8 nitrogen and oxygen atoms in total. The Morgan fingerprint density at radius 3 is 1.51 bits per heavy atom. The summed E-state index contributed by atoms with van der Waals surface area (Å²) >= 11 is 0. The fraction of sp³-hybridized carbons (Fsp3) is 0.780. The lowest BCUT2D eigenvalue weighted by atomic mass is 10.1. The van der Waals surface area contributed by atoms with Gasteiger partial charge in [0.1, 0.15) is 13.2 Å². The van der Waals surface area contributed by atoms with E-state index in [4.69, 9.17) is 9.05 Å². The molecule has 0 aromatic carbocycles. The van der Waals surface area contributed by atoms with Gasteiger partial charge in [0.2, 0.25) is 5.91 Å². The van der Waals surface area contributed by atoms with E-state index in [1.54, 1.807) is 6.08 Å². The first-order valence-corrected chi connectivity index (χ1v) is 25.6. The molecule has 59 heavy (non-hydrogen) atoms. The number of quaternary nitrogens is 1. The molecule has 0 aliphatic heterocycles. The van der Waals surface area contributed by atoms with E-state index in [0.29, 0.717) is 17.4 Å². The van der Waals surface area contributed by atoms with Crippen molar-refractivity contribution in [3.8, 4) is 0 Å². The second-order valence-corrected chi connectivity index (χ2v) is 18.8. The number of carbonyl (C=O) groups is 1. The summed E-state index contributed by atoms with van der Waals surface area (Å²) in [6, 6.07) is -0.915. The summed E-state index contributed by atoms with van der Waals surface area (Å²) in [7, 11) is 1.22. The molecule has 3 unspecified atom stereocenters. The van der Waals surface area contributed by atoms with E-state index in [2.05, 4.69) is 67.8 Å². The Labute approximate surface area is 364 Å². The van der Waals surface area contributed by atoms with Crippen LogP contribution in [-0.4, -0.2) is 68.5 Å². The Balaban J connectivity index is 4.47. The lowest BCUT2D eigenvalue weighted by Crippen LogP contribution is -2.45. The van der Waals surface area contributed by atoms with Crippen LogP contribution < -0.4 is 10.2 Å². The van der Waals surface area contributed by atoms with E-state index in [-0.39, 0.29) is 12.5 Å². The summed E-state index contributed by atoms with van der Waals surface area (Å²) < 4.78 is 23.2. The number of rotatable bonds is 43. The van der Waals surface area contributed by atoms with Crippen LogP contribution in [0.3, 0.4) is 0 Å². The van der Waals surface area contributed by atoms with Crippen molar-refractivity contribution in [2.45, 2.75) is 212 Å². The van der Waals surface area contributed by atoms with Gasteiger partial charge in [-0.2, -0.15) is 0 Å². The lowest BCUT2D eigenvalue weighted by molar-refractivity contribution is -0.870. The number of unbranched alkanes of at least 4 members (excludes halogenated alkanes) is 22. The van der Waals surface area contributed by atoms with E-state index in [1.807, 2.05) is 27.2 Å². The van der Waals surface area contributed by atoms with Crippen LogP contribution in [0.2, 0.25) is 0 Å².